The van der Waals surface area contributed by atoms with Crippen LogP contribution in [-0.2, 0) is 4.79 Å². The highest BCUT2D eigenvalue weighted by Gasteiger charge is 2.38. The molecule has 0 bridgehead atoms. The molecule has 1 fully saturated rings. The number of halogens is 3. The summed E-state index contributed by atoms with van der Waals surface area (Å²) in [5.74, 6) is -1.63. The fourth-order valence-electron chi connectivity index (χ4n) is 4.61. The van der Waals surface area contributed by atoms with Crippen LogP contribution in [-0.4, -0.2) is 26.8 Å². The van der Waals surface area contributed by atoms with Crippen LogP contribution in [0.4, 0.5) is 24.7 Å². The fraction of sp³-hybridized carbons (Fsp3) is 0.250. The molecule has 0 amide bonds. The van der Waals surface area contributed by atoms with Crippen LogP contribution >= 0.6 is 0 Å². The summed E-state index contributed by atoms with van der Waals surface area (Å²) < 4.78 is 33.9. The number of anilines is 2. The zero-order valence-electron chi connectivity index (χ0n) is 20.1. The summed E-state index contributed by atoms with van der Waals surface area (Å²) in [5.41, 5.74) is 4.84. The van der Waals surface area contributed by atoms with Gasteiger partial charge in [-0.15, -0.1) is 0 Å². The Balaban J connectivity index is 0.000000405. The Morgan fingerprint density at radius 3 is 2.14 bits per heavy atom. The Kier molecular flexibility index (Phi) is 7.61. The van der Waals surface area contributed by atoms with Crippen LogP contribution in [0.1, 0.15) is 43.0 Å². The first-order chi connectivity index (χ1) is 17.6. The molecular formula is C28H26F3N3O3. The summed E-state index contributed by atoms with van der Waals surface area (Å²) in [4.78, 5) is 27.1. The standard InChI is InChI=1S/C26H25N3O.C2HF3O2/c1-18-16-22-25(26(27-18)19-10-8-9-11-19)23(30)17-24(28-20-12-4-2-5-13-20)29(22)21-14-6-3-7-15-21;3-2(4,5)1(6)7/h2-7,12-17,19,28H,8-11H2,1H3;(H,6,7). The van der Waals surface area contributed by atoms with Gasteiger partial charge in [0.25, 0.3) is 0 Å². The molecule has 0 atom stereocenters. The highest BCUT2D eigenvalue weighted by molar-refractivity contribution is 5.86. The summed E-state index contributed by atoms with van der Waals surface area (Å²) in [6.07, 6.45) is -0.439. The normalized spacial score (nSPS) is 13.7. The van der Waals surface area contributed by atoms with E-state index in [0.29, 0.717) is 5.92 Å². The van der Waals surface area contributed by atoms with E-state index in [9.17, 15) is 18.0 Å². The number of nitrogens with one attached hydrogen (secondary N) is 1. The van der Waals surface area contributed by atoms with E-state index >= 15 is 0 Å². The molecule has 1 aliphatic carbocycles. The van der Waals surface area contributed by atoms with Crippen molar-refractivity contribution in [2.24, 2.45) is 0 Å². The zero-order chi connectivity index (χ0) is 26.6. The van der Waals surface area contributed by atoms with Crippen molar-refractivity contribution >= 4 is 28.4 Å². The first-order valence-electron chi connectivity index (χ1n) is 11.9. The zero-order valence-corrected chi connectivity index (χ0v) is 20.1. The second kappa shape index (κ2) is 10.9. The first-order valence-corrected chi connectivity index (χ1v) is 11.9. The quantitative estimate of drug-likeness (QED) is 0.319. The highest BCUT2D eigenvalue weighted by atomic mass is 19.4. The third-order valence-electron chi connectivity index (χ3n) is 6.20. The molecule has 4 aromatic rings. The van der Waals surface area contributed by atoms with E-state index in [4.69, 9.17) is 14.9 Å². The average Bonchev–Trinajstić information content (AvgIpc) is 3.39. The van der Waals surface area contributed by atoms with Crippen molar-refractivity contribution in [3.05, 3.63) is 94.4 Å². The highest BCUT2D eigenvalue weighted by Crippen LogP contribution is 2.37. The predicted molar refractivity (Wildman–Crippen MR) is 137 cm³/mol. The van der Waals surface area contributed by atoms with Crippen LogP contribution in [0.15, 0.2) is 77.6 Å². The van der Waals surface area contributed by atoms with Crippen LogP contribution in [0.25, 0.3) is 16.6 Å². The van der Waals surface area contributed by atoms with Gasteiger partial charge in [-0.1, -0.05) is 49.2 Å². The number of benzene rings is 2. The van der Waals surface area contributed by atoms with E-state index in [1.54, 1.807) is 6.07 Å². The summed E-state index contributed by atoms with van der Waals surface area (Å²) in [6.45, 7) is 2.02. The number of alkyl halides is 3. The number of hydrogen-bond donors (Lipinski definition) is 2. The van der Waals surface area contributed by atoms with Gasteiger partial charge in [0, 0.05) is 29.1 Å². The van der Waals surface area contributed by atoms with E-state index in [1.807, 2.05) is 61.5 Å². The summed E-state index contributed by atoms with van der Waals surface area (Å²) in [7, 11) is 0. The van der Waals surface area contributed by atoms with E-state index in [1.165, 1.54) is 12.8 Å². The third-order valence-corrected chi connectivity index (χ3v) is 6.20. The van der Waals surface area contributed by atoms with Crippen LogP contribution < -0.4 is 10.7 Å². The number of hydrogen-bond acceptors (Lipinski definition) is 4. The van der Waals surface area contributed by atoms with Gasteiger partial charge in [0.05, 0.1) is 16.6 Å². The molecular weight excluding hydrogens is 483 g/mol. The number of para-hydroxylation sites is 2. The number of rotatable bonds is 4. The Labute approximate surface area is 211 Å². The molecule has 2 N–H and O–H groups in total. The Morgan fingerprint density at radius 1 is 1.00 bits per heavy atom. The SMILES string of the molecule is Cc1cc2c(c(C3CCCC3)n1)c(=O)cc(Nc1ccccc1)n2-c1ccccc1.O=C(O)C(F)(F)F. The van der Waals surface area contributed by atoms with Crippen LogP contribution in [0.3, 0.4) is 0 Å². The molecule has 1 aliphatic rings. The van der Waals surface area contributed by atoms with Crippen LogP contribution in [0, 0.1) is 6.92 Å². The minimum atomic E-state index is -5.08. The second-order valence-corrected chi connectivity index (χ2v) is 8.88. The van der Waals surface area contributed by atoms with Crippen molar-refractivity contribution in [3.8, 4) is 5.69 Å². The van der Waals surface area contributed by atoms with Crippen molar-refractivity contribution in [2.45, 2.75) is 44.7 Å². The van der Waals surface area contributed by atoms with Gasteiger partial charge in [-0.05, 0) is 50.1 Å². The number of carboxylic acids is 1. The maximum absolute atomic E-state index is 13.4. The number of pyridine rings is 2. The fourth-order valence-corrected chi connectivity index (χ4v) is 4.61. The molecule has 1 saturated carbocycles. The number of fused-ring (bicyclic) bond motifs is 1. The molecule has 2 heterocycles. The van der Waals surface area contributed by atoms with Gasteiger partial charge < -0.3 is 10.4 Å². The van der Waals surface area contributed by atoms with Gasteiger partial charge in [-0.2, -0.15) is 13.2 Å². The Morgan fingerprint density at radius 2 is 1.57 bits per heavy atom. The lowest BCUT2D eigenvalue weighted by Gasteiger charge is -2.21. The number of carbonyl (C=O) groups is 1. The van der Waals surface area contributed by atoms with Crippen LogP contribution in [0.2, 0.25) is 0 Å². The second-order valence-electron chi connectivity index (χ2n) is 8.88. The van der Waals surface area contributed by atoms with E-state index < -0.39 is 12.1 Å². The van der Waals surface area contributed by atoms with Gasteiger partial charge in [-0.25, -0.2) is 4.79 Å². The lowest BCUT2D eigenvalue weighted by atomic mass is 9.98. The molecule has 0 saturated heterocycles. The van der Waals surface area contributed by atoms with E-state index in [0.717, 1.165) is 52.3 Å². The molecule has 9 heteroatoms. The Hall–Kier alpha value is -4.14. The lowest BCUT2D eigenvalue weighted by Crippen LogP contribution is -2.21. The molecule has 0 unspecified atom stereocenters. The van der Waals surface area contributed by atoms with Gasteiger partial charge in [0.15, 0.2) is 5.43 Å². The molecule has 0 spiro atoms. The smallest absolute Gasteiger partial charge is 0.475 e. The molecule has 37 heavy (non-hydrogen) atoms. The number of carboxylic acid groups (broad SMARTS) is 1. The van der Waals surface area contributed by atoms with Crippen LogP contribution in [0.5, 0.6) is 0 Å². The summed E-state index contributed by atoms with van der Waals surface area (Å²) in [6, 6.07) is 23.9. The first kappa shape index (κ1) is 25.9. The molecule has 192 valence electrons. The average molecular weight is 510 g/mol. The van der Waals surface area contributed by atoms with E-state index in [-0.39, 0.29) is 5.43 Å². The van der Waals surface area contributed by atoms with Gasteiger partial charge in [-0.3, -0.25) is 14.3 Å². The summed E-state index contributed by atoms with van der Waals surface area (Å²) in [5, 5.41) is 11.3. The minimum Gasteiger partial charge on any atom is -0.475 e. The third kappa shape index (κ3) is 5.99. The van der Waals surface area contributed by atoms with Gasteiger partial charge in [0.2, 0.25) is 0 Å². The monoisotopic (exact) mass is 509 g/mol. The number of nitrogens with zero attached hydrogens (tertiary/aromatic N) is 2. The van der Waals surface area contributed by atoms with Crippen molar-refractivity contribution in [1.82, 2.24) is 9.55 Å². The van der Waals surface area contributed by atoms with Crippen molar-refractivity contribution < 1.29 is 23.1 Å². The van der Waals surface area contributed by atoms with Crippen molar-refractivity contribution in [2.75, 3.05) is 5.32 Å². The van der Waals surface area contributed by atoms with Gasteiger partial charge in [0.1, 0.15) is 5.82 Å². The Bertz CT molecular complexity index is 1450. The topological polar surface area (TPSA) is 84.2 Å². The van der Waals surface area contributed by atoms with Crippen molar-refractivity contribution in [1.29, 1.82) is 0 Å². The van der Waals surface area contributed by atoms with Crippen molar-refractivity contribution in [3.63, 3.8) is 0 Å². The molecule has 6 nitrogen and oxygen atoms in total. The predicted octanol–water partition coefficient (Wildman–Crippen LogP) is 6.73. The minimum absolute atomic E-state index is 0.0324. The molecule has 0 radical (unpaired) electrons. The molecule has 0 aliphatic heterocycles. The number of aliphatic carboxylic acids is 1. The molecule has 2 aromatic heterocycles. The maximum atomic E-state index is 13.4. The number of aromatic nitrogens is 2. The van der Waals surface area contributed by atoms with Gasteiger partial charge >= 0.3 is 12.1 Å². The maximum Gasteiger partial charge on any atom is 0.490 e. The lowest BCUT2D eigenvalue weighted by molar-refractivity contribution is -0.192. The molecule has 2 aromatic carbocycles. The summed E-state index contributed by atoms with van der Waals surface area (Å²) >= 11 is 0. The van der Waals surface area contributed by atoms with E-state index in [2.05, 4.69) is 22.0 Å². The largest absolute Gasteiger partial charge is 0.490 e. The number of aryl methyl sites for hydroxylation is 1. The molecule has 5 rings (SSSR count).